The number of aromatic nitrogens is 1. The molecule has 1 aromatic heterocycles. The summed E-state index contributed by atoms with van der Waals surface area (Å²) in [6.45, 7) is 4.13. The van der Waals surface area contributed by atoms with E-state index in [0.717, 1.165) is 13.1 Å². The van der Waals surface area contributed by atoms with E-state index in [9.17, 15) is 0 Å². The molecule has 2 atom stereocenters. The van der Waals surface area contributed by atoms with Crippen LogP contribution in [-0.2, 0) is 0 Å². The summed E-state index contributed by atoms with van der Waals surface area (Å²) in [6.07, 6.45) is 4.92. The highest BCUT2D eigenvalue weighted by atomic mass is 15.2. The maximum absolute atomic E-state index is 5.79. The number of hydrogen-bond acceptors (Lipinski definition) is 3. The van der Waals surface area contributed by atoms with E-state index in [1.54, 1.807) is 0 Å². The van der Waals surface area contributed by atoms with Crippen LogP contribution in [-0.4, -0.2) is 24.1 Å². The summed E-state index contributed by atoms with van der Waals surface area (Å²) in [6, 6.07) is 4.61. The molecule has 3 heteroatoms. The highest BCUT2D eigenvalue weighted by Crippen LogP contribution is 2.28. The molecule has 3 nitrogen and oxygen atoms in total. The monoisotopic (exact) mass is 191 g/mol. The summed E-state index contributed by atoms with van der Waals surface area (Å²) in [7, 11) is 0. The molecule has 0 aromatic carbocycles. The van der Waals surface area contributed by atoms with Crippen LogP contribution in [0.15, 0.2) is 24.5 Å². The molecule has 0 spiro atoms. The summed E-state index contributed by atoms with van der Waals surface area (Å²) < 4.78 is 0. The first-order valence-corrected chi connectivity index (χ1v) is 5.19. The van der Waals surface area contributed by atoms with E-state index in [4.69, 9.17) is 5.73 Å². The smallest absolute Gasteiger partial charge is 0.0438 e. The van der Waals surface area contributed by atoms with E-state index < -0.39 is 0 Å². The van der Waals surface area contributed by atoms with Gasteiger partial charge in [-0.25, -0.2) is 0 Å². The van der Waals surface area contributed by atoms with Crippen LogP contribution in [0.25, 0.3) is 0 Å². The molecule has 0 radical (unpaired) electrons. The average molecular weight is 191 g/mol. The Kier molecular flexibility index (Phi) is 2.68. The molecule has 1 aliphatic heterocycles. The zero-order valence-corrected chi connectivity index (χ0v) is 8.56. The van der Waals surface area contributed by atoms with Crippen molar-refractivity contribution >= 4 is 5.69 Å². The Bertz CT molecular complexity index is 286. The van der Waals surface area contributed by atoms with E-state index >= 15 is 0 Å². The van der Waals surface area contributed by atoms with Crippen molar-refractivity contribution in [3.05, 3.63) is 24.5 Å². The van der Waals surface area contributed by atoms with Gasteiger partial charge in [0.25, 0.3) is 0 Å². The second-order valence-corrected chi connectivity index (χ2v) is 3.97. The van der Waals surface area contributed by atoms with Gasteiger partial charge in [-0.2, -0.15) is 0 Å². The molecular weight excluding hydrogens is 174 g/mol. The molecule has 0 saturated carbocycles. The van der Waals surface area contributed by atoms with Crippen molar-refractivity contribution < 1.29 is 0 Å². The largest absolute Gasteiger partial charge is 0.367 e. The Morgan fingerprint density at radius 2 is 2.21 bits per heavy atom. The SMILES string of the molecule is CC1CCN(c2ccncc2)C1CN. The quantitative estimate of drug-likeness (QED) is 0.765. The first kappa shape index (κ1) is 9.46. The Balaban J connectivity index is 2.19. The van der Waals surface area contributed by atoms with Crippen molar-refractivity contribution in [1.29, 1.82) is 0 Å². The minimum atomic E-state index is 0.498. The maximum atomic E-state index is 5.79. The van der Waals surface area contributed by atoms with Crippen LogP contribution in [0.2, 0.25) is 0 Å². The molecule has 0 amide bonds. The number of hydrogen-bond donors (Lipinski definition) is 1. The Labute approximate surface area is 84.9 Å². The molecule has 76 valence electrons. The highest BCUT2D eigenvalue weighted by Gasteiger charge is 2.29. The lowest BCUT2D eigenvalue weighted by atomic mass is 10.0. The number of nitrogens with two attached hydrogens (primary N) is 1. The molecule has 0 aliphatic carbocycles. The van der Waals surface area contributed by atoms with Crippen molar-refractivity contribution in [1.82, 2.24) is 4.98 Å². The minimum Gasteiger partial charge on any atom is -0.367 e. The second kappa shape index (κ2) is 3.96. The highest BCUT2D eigenvalue weighted by molar-refractivity contribution is 5.47. The summed E-state index contributed by atoms with van der Waals surface area (Å²) >= 11 is 0. The average Bonchev–Trinajstić information content (AvgIpc) is 2.61. The fourth-order valence-corrected chi connectivity index (χ4v) is 2.22. The van der Waals surface area contributed by atoms with Crippen molar-refractivity contribution in [3.8, 4) is 0 Å². The molecule has 2 rings (SSSR count). The van der Waals surface area contributed by atoms with Gasteiger partial charge in [-0.05, 0) is 24.5 Å². The normalized spacial score (nSPS) is 26.9. The van der Waals surface area contributed by atoms with Gasteiger partial charge in [0.05, 0.1) is 0 Å². The molecule has 0 bridgehead atoms. The van der Waals surface area contributed by atoms with Crippen LogP contribution in [0.5, 0.6) is 0 Å². The predicted molar refractivity (Wildman–Crippen MR) is 58.2 cm³/mol. The van der Waals surface area contributed by atoms with Crippen molar-refractivity contribution in [2.75, 3.05) is 18.0 Å². The molecule has 1 aliphatic rings. The van der Waals surface area contributed by atoms with Gasteiger partial charge in [0, 0.05) is 37.2 Å². The number of anilines is 1. The molecule has 1 aromatic rings. The summed E-state index contributed by atoms with van der Waals surface area (Å²) in [5.74, 6) is 0.702. The maximum Gasteiger partial charge on any atom is 0.0438 e. The Morgan fingerprint density at radius 3 is 2.86 bits per heavy atom. The molecule has 2 N–H and O–H groups in total. The van der Waals surface area contributed by atoms with Crippen LogP contribution >= 0.6 is 0 Å². The van der Waals surface area contributed by atoms with E-state index in [0.29, 0.717) is 12.0 Å². The minimum absolute atomic E-state index is 0.498. The van der Waals surface area contributed by atoms with Gasteiger partial charge >= 0.3 is 0 Å². The Hall–Kier alpha value is -1.09. The lowest BCUT2D eigenvalue weighted by Gasteiger charge is -2.27. The lowest BCUT2D eigenvalue weighted by molar-refractivity contribution is 0.519. The summed E-state index contributed by atoms with van der Waals surface area (Å²) in [5, 5.41) is 0. The van der Waals surface area contributed by atoms with Gasteiger partial charge < -0.3 is 10.6 Å². The van der Waals surface area contributed by atoms with Crippen LogP contribution in [0.4, 0.5) is 5.69 Å². The standard InChI is InChI=1S/C11H17N3/c1-9-4-7-14(11(9)8-12)10-2-5-13-6-3-10/h2-3,5-6,9,11H,4,7-8,12H2,1H3. The number of pyridine rings is 1. The predicted octanol–water partition coefficient (Wildman–Crippen LogP) is 1.26. The van der Waals surface area contributed by atoms with E-state index in [1.165, 1.54) is 12.1 Å². The van der Waals surface area contributed by atoms with E-state index in [-0.39, 0.29) is 0 Å². The van der Waals surface area contributed by atoms with Crippen LogP contribution < -0.4 is 10.6 Å². The van der Waals surface area contributed by atoms with Crippen LogP contribution in [0, 0.1) is 5.92 Å². The van der Waals surface area contributed by atoms with Crippen molar-refractivity contribution in [2.45, 2.75) is 19.4 Å². The van der Waals surface area contributed by atoms with Crippen LogP contribution in [0.3, 0.4) is 0 Å². The third-order valence-corrected chi connectivity index (χ3v) is 3.12. The van der Waals surface area contributed by atoms with Crippen molar-refractivity contribution in [2.24, 2.45) is 11.7 Å². The molecule has 2 heterocycles. The summed E-state index contributed by atoms with van der Waals surface area (Å²) in [4.78, 5) is 6.42. The second-order valence-electron chi connectivity index (χ2n) is 3.97. The molecule has 1 saturated heterocycles. The van der Waals surface area contributed by atoms with Gasteiger partial charge in [0.15, 0.2) is 0 Å². The van der Waals surface area contributed by atoms with Crippen LogP contribution in [0.1, 0.15) is 13.3 Å². The number of rotatable bonds is 2. The first-order chi connectivity index (χ1) is 6.83. The fourth-order valence-electron chi connectivity index (χ4n) is 2.22. The van der Waals surface area contributed by atoms with E-state index in [1.807, 2.05) is 12.4 Å². The molecule has 2 unspecified atom stereocenters. The molecule has 1 fully saturated rings. The van der Waals surface area contributed by atoms with Gasteiger partial charge in [0.2, 0.25) is 0 Å². The topological polar surface area (TPSA) is 42.2 Å². The zero-order chi connectivity index (χ0) is 9.97. The Morgan fingerprint density at radius 1 is 1.50 bits per heavy atom. The summed E-state index contributed by atoms with van der Waals surface area (Å²) in [5.41, 5.74) is 7.04. The lowest BCUT2D eigenvalue weighted by Crippen LogP contribution is -2.38. The molecular formula is C11H17N3. The first-order valence-electron chi connectivity index (χ1n) is 5.19. The third-order valence-electron chi connectivity index (χ3n) is 3.12. The number of nitrogens with zero attached hydrogens (tertiary/aromatic N) is 2. The third kappa shape index (κ3) is 1.60. The van der Waals surface area contributed by atoms with Gasteiger partial charge in [0.1, 0.15) is 0 Å². The van der Waals surface area contributed by atoms with Gasteiger partial charge in [-0.3, -0.25) is 4.98 Å². The van der Waals surface area contributed by atoms with Gasteiger partial charge in [-0.15, -0.1) is 0 Å². The zero-order valence-electron chi connectivity index (χ0n) is 8.56. The van der Waals surface area contributed by atoms with E-state index in [2.05, 4.69) is 28.9 Å². The molecule has 14 heavy (non-hydrogen) atoms. The van der Waals surface area contributed by atoms with Gasteiger partial charge in [-0.1, -0.05) is 6.92 Å². The van der Waals surface area contributed by atoms with Crippen molar-refractivity contribution in [3.63, 3.8) is 0 Å². The fraction of sp³-hybridized carbons (Fsp3) is 0.545.